The standard InChI is InChI=1S/C14H15NO4/c1-9(11-5-6-19-8-11)15-12-7-10(14(16)17)3-4-13(12)18-2/h3-9,15H,1-2H3,(H,16,17). The molecule has 0 radical (unpaired) electrons. The molecule has 1 heterocycles. The third-order valence-corrected chi connectivity index (χ3v) is 2.86. The van der Waals surface area contributed by atoms with Crippen molar-refractivity contribution in [2.45, 2.75) is 13.0 Å². The number of carboxylic acids is 1. The lowest BCUT2D eigenvalue weighted by Crippen LogP contribution is -2.08. The van der Waals surface area contributed by atoms with Crippen molar-refractivity contribution in [2.24, 2.45) is 0 Å². The van der Waals surface area contributed by atoms with Crippen LogP contribution in [0.1, 0.15) is 28.9 Å². The van der Waals surface area contributed by atoms with Crippen LogP contribution in [-0.2, 0) is 0 Å². The molecule has 0 aliphatic rings. The number of rotatable bonds is 5. The molecule has 0 aliphatic carbocycles. The highest BCUT2D eigenvalue weighted by molar-refractivity contribution is 5.89. The van der Waals surface area contributed by atoms with E-state index in [0.717, 1.165) is 5.56 Å². The van der Waals surface area contributed by atoms with Gasteiger partial charge in [-0.15, -0.1) is 0 Å². The lowest BCUT2D eigenvalue weighted by molar-refractivity contribution is 0.0697. The molecule has 0 spiro atoms. The van der Waals surface area contributed by atoms with Crippen LogP contribution >= 0.6 is 0 Å². The van der Waals surface area contributed by atoms with Gasteiger partial charge in [0.15, 0.2) is 0 Å². The van der Waals surface area contributed by atoms with Gasteiger partial charge in [-0.2, -0.15) is 0 Å². The van der Waals surface area contributed by atoms with E-state index in [0.29, 0.717) is 11.4 Å². The van der Waals surface area contributed by atoms with Crippen LogP contribution in [0.25, 0.3) is 0 Å². The van der Waals surface area contributed by atoms with E-state index in [4.69, 9.17) is 14.3 Å². The average Bonchev–Trinajstić information content (AvgIpc) is 2.92. The van der Waals surface area contributed by atoms with E-state index in [1.54, 1.807) is 31.8 Å². The minimum atomic E-state index is -0.971. The Kier molecular flexibility index (Phi) is 3.75. The van der Waals surface area contributed by atoms with Crippen molar-refractivity contribution in [1.29, 1.82) is 0 Å². The van der Waals surface area contributed by atoms with Crippen molar-refractivity contribution in [3.63, 3.8) is 0 Å². The fourth-order valence-electron chi connectivity index (χ4n) is 1.79. The summed E-state index contributed by atoms with van der Waals surface area (Å²) in [6, 6.07) is 6.53. The summed E-state index contributed by atoms with van der Waals surface area (Å²) < 4.78 is 10.2. The SMILES string of the molecule is COc1ccc(C(=O)O)cc1NC(C)c1ccoc1. The number of carbonyl (C=O) groups is 1. The van der Waals surface area contributed by atoms with Crippen molar-refractivity contribution < 1.29 is 19.1 Å². The Labute approximate surface area is 110 Å². The molecule has 0 saturated carbocycles. The fraction of sp³-hybridized carbons (Fsp3) is 0.214. The van der Waals surface area contributed by atoms with Gasteiger partial charge in [-0.05, 0) is 31.2 Å². The Balaban J connectivity index is 2.27. The van der Waals surface area contributed by atoms with Crippen molar-refractivity contribution in [3.8, 4) is 5.75 Å². The summed E-state index contributed by atoms with van der Waals surface area (Å²) in [5.41, 5.74) is 1.82. The summed E-state index contributed by atoms with van der Waals surface area (Å²) in [7, 11) is 1.55. The molecular weight excluding hydrogens is 246 g/mol. The molecule has 1 unspecified atom stereocenters. The Bertz CT molecular complexity index is 563. The molecule has 5 nitrogen and oxygen atoms in total. The van der Waals surface area contributed by atoms with Crippen molar-refractivity contribution in [3.05, 3.63) is 47.9 Å². The molecule has 0 amide bonds. The highest BCUT2D eigenvalue weighted by atomic mass is 16.5. The van der Waals surface area contributed by atoms with Crippen LogP contribution in [0, 0.1) is 0 Å². The molecular formula is C14H15NO4. The number of carboxylic acid groups (broad SMARTS) is 1. The van der Waals surface area contributed by atoms with E-state index in [1.165, 1.54) is 6.07 Å². The lowest BCUT2D eigenvalue weighted by atomic mass is 10.1. The van der Waals surface area contributed by atoms with E-state index in [1.807, 2.05) is 13.0 Å². The molecule has 19 heavy (non-hydrogen) atoms. The number of hydrogen-bond acceptors (Lipinski definition) is 4. The van der Waals surface area contributed by atoms with Crippen molar-refractivity contribution in [2.75, 3.05) is 12.4 Å². The highest BCUT2D eigenvalue weighted by Crippen LogP contribution is 2.29. The zero-order valence-electron chi connectivity index (χ0n) is 10.7. The van der Waals surface area contributed by atoms with Crippen LogP contribution in [0.4, 0.5) is 5.69 Å². The van der Waals surface area contributed by atoms with E-state index in [9.17, 15) is 4.79 Å². The van der Waals surface area contributed by atoms with E-state index in [2.05, 4.69) is 5.32 Å². The van der Waals surface area contributed by atoms with Gasteiger partial charge in [0.1, 0.15) is 5.75 Å². The molecule has 0 saturated heterocycles. The normalized spacial score (nSPS) is 11.9. The number of ether oxygens (including phenoxy) is 1. The van der Waals surface area contributed by atoms with Crippen LogP contribution in [0.2, 0.25) is 0 Å². The molecule has 0 bridgehead atoms. The van der Waals surface area contributed by atoms with Gasteiger partial charge < -0.3 is 19.6 Å². The molecule has 2 rings (SSSR count). The third-order valence-electron chi connectivity index (χ3n) is 2.86. The van der Waals surface area contributed by atoms with Crippen LogP contribution < -0.4 is 10.1 Å². The first-order valence-electron chi connectivity index (χ1n) is 5.81. The maximum atomic E-state index is 11.0. The van der Waals surface area contributed by atoms with Gasteiger partial charge in [-0.25, -0.2) is 4.79 Å². The third kappa shape index (κ3) is 2.88. The minimum absolute atomic E-state index is 0.0169. The average molecular weight is 261 g/mol. The van der Waals surface area contributed by atoms with Crippen molar-refractivity contribution >= 4 is 11.7 Å². The number of benzene rings is 1. The number of methoxy groups -OCH3 is 1. The number of hydrogen-bond donors (Lipinski definition) is 2. The van der Waals surface area contributed by atoms with Gasteiger partial charge in [0.2, 0.25) is 0 Å². The minimum Gasteiger partial charge on any atom is -0.495 e. The lowest BCUT2D eigenvalue weighted by Gasteiger charge is -2.16. The number of aromatic carboxylic acids is 1. The highest BCUT2D eigenvalue weighted by Gasteiger charge is 2.12. The van der Waals surface area contributed by atoms with E-state index in [-0.39, 0.29) is 11.6 Å². The van der Waals surface area contributed by atoms with E-state index < -0.39 is 5.97 Å². The van der Waals surface area contributed by atoms with Crippen LogP contribution in [0.3, 0.4) is 0 Å². The topological polar surface area (TPSA) is 71.7 Å². The molecule has 5 heteroatoms. The van der Waals surface area contributed by atoms with Crippen LogP contribution in [0.5, 0.6) is 5.75 Å². The number of furan rings is 1. The summed E-state index contributed by atoms with van der Waals surface area (Å²) >= 11 is 0. The summed E-state index contributed by atoms with van der Waals surface area (Å²) in [5, 5.41) is 12.2. The predicted molar refractivity (Wildman–Crippen MR) is 70.7 cm³/mol. The zero-order chi connectivity index (χ0) is 13.8. The zero-order valence-corrected chi connectivity index (χ0v) is 10.7. The molecule has 2 N–H and O–H groups in total. The van der Waals surface area contributed by atoms with Crippen LogP contribution in [-0.4, -0.2) is 18.2 Å². The van der Waals surface area contributed by atoms with Crippen molar-refractivity contribution in [1.82, 2.24) is 0 Å². The Hall–Kier alpha value is -2.43. The Morgan fingerprint density at radius 2 is 2.21 bits per heavy atom. The predicted octanol–water partition coefficient (Wildman–Crippen LogP) is 3.16. The molecule has 0 aliphatic heterocycles. The summed E-state index contributed by atoms with van der Waals surface area (Å²) in [5.74, 6) is -0.373. The second-order valence-electron chi connectivity index (χ2n) is 4.14. The molecule has 0 fully saturated rings. The molecule has 1 atom stereocenters. The smallest absolute Gasteiger partial charge is 0.335 e. The first kappa shape index (κ1) is 13.0. The number of anilines is 1. The summed E-state index contributed by atoms with van der Waals surface area (Å²) in [6.45, 7) is 1.96. The first-order chi connectivity index (χ1) is 9.11. The Morgan fingerprint density at radius 3 is 2.79 bits per heavy atom. The first-order valence-corrected chi connectivity index (χ1v) is 5.81. The van der Waals surface area contributed by atoms with Gasteiger partial charge in [0.05, 0.1) is 36.9 Å². The molecule has 2 aromatic rings. The fourth-order valence-corrected chi connectivity index (χ4v) is 1.79. The van der Waals surface area contributed by atoms with Gasteiger partial charge in [0.25, 0.3) is 0 Å². The molecule has 1 aromatic carbocycles. The summed E-state index contributed by atoms with van der Waals surface area (Å²) in [4.78, 5) is 11.0. The van der Waals surface area contributed by atoms with Gasteiger partial charge in [-0.1, -0.05) is 0 Å². The molecule has 1 aromatic heterocycles. The maximum Gasteiger partial charge on any atom is 0.335 e. The van der Waals surface area contributed by atoms with E-state index >= 15 is 0 Å². The summed E-state index contributed by atoms with van der Waals surface area (Å²) in [6.07, 6.45) is 3.24. The van der Waals surface area contributed by atoms with Gasteiger partial charge >= 0.3 is 5.97 Å². The van der Waals surface area contributed by atoms with Gasteiger partial charge in [-0.3, -0.25) is 0 Å². The van der Waals surface area contributed by atoms with Crippen LogP contribution in [0.15, 0.2) is 41.2 Å². The number of nitrogens with one attached hydrogen (secondary N) is 1. The quantitative estimate of drug-likeness (QED) is 0.865. The second kappa shape index (κ2) is 5.48. The second-order valence-corrected chi connectivity index (χ2v) is 4.14. The van der Waals surface area contributed by atoms with Gasteiger partial charge in [0, 0.05) is 5.56 Å². The molecule has 100 valence electrons. The largest absolute Gasteiger partial charge is 0.495 e. The maximum absolute atomic E-state index is 11.0. The monoisotopic (exact) mass is 261 g/mol. The Morgan fingerprint density at radius 1 is 1.42 bits per heavy atom.